The first-order valence-electron chi connectivity index (χ1n) is 5.87. The lowest BCUT2D eigenvalue weighted by Crippen LogP contribution is -2.38. The van der Waals surface area contributed by atoms with Crippen LogP contribution in [-0.2, 0) is 14.8 Å². The minimum Gasteiger partial charge on any atom is -0.398 e. The zero-order valence-electron chi connectivity index (χ0n) is 10.7. The molecule has 0 saturated carbocycles. The summed E-state index contributed by atoms with van der Waals surface area (Å²) in [7, 11) is -2.04. The summed E-state index contributed by atoms with van der Waals surface area (Å²) in [4.78, 5) is 0.113. The number of anilines is 1. The number of rotatable bonds is 7. The van der Waals surface area contributed by atoms with Crippen molar-refractivity contribution in [2.45, 2.75) is 30.7 Å². The number of ether oxygens (including phenoxy) is 1. The molecule has 1 rings (SSSR count). The predicted octanol–water partition coefficient (Wildman–Crippen LogP) is 1.36. The molecule has 0 fully saturated rings. The third-order valence-corrected chi connectivity index (χ3v) is 4.13. The van der Waals surface area contributed by atoms with Crippen LogP contribution >= 0.6 is 0 Å². The molecule has 0 saturated heterocycles. The molecule has 6 heteroatoms. The minimum atomic E-state index is -3.59. The molecular formula is C12H20N2O3S. The SMILES string of the molecule is CCCC(COC)NS(=O)(=O)c1ccccc1N. The number of nitrogens with two attached hydrogens (primary N) is 1. The Labute approximate surface area is 108 Å². The number of hydrogen-bond acceptors (Lipinski definition) is 4. The standard InChI is InChI=1S/C12H20N2O3S/c1-3-6-10(9-17-2)14-18(15,16)12-8-5-4-7-11(12)13/h4-5,7-8,10,14H,3,6,9,13H2,1-2H3. The van der Waals surface area contributed by atoms with E-state index in [1.54, 1.807) is 25.3 Å². The Balaban J connectivity index is 2.90. The van der Waals surface area contributed by atoms with Gasteiger partial charge >= 0.3 is 0 Å². The quantitative estimate of drug-likeness (QED) is 0.734. The van der Waals surface area contributed by atoms with Crippen LogP contribution in [0.3, 0.4) is 0 Å². The van der Waals surface area contributed by atoms with E-state index in [0.717, 1.165) is 12.8 Å². The summed E-state index contributed by atoms with van der Waals surface area (Å²) in [5, 5.41) is 0. The number of methoxy groups -OCH3 is 1. The smallest absolute Gasteiger partial charge is 0.242 e. The predicted molar refractivity (Wildman–Crippen MR) is 71.7 cm³/mol. The highest BCUT2D eigenvalue weighted by atomic mass is 32.2. The maximum absolute atomic E-state index is 12.2. The fourth-order valence-corrected chi connectivity index (χ4v) is 3.12. The van der Waals surface area contributed by atoms with Gasteiger partial charge in [0.2, 0.25) is 10.0 Å². The topological polar surface area (TPSA) is 81.4 Å². The molecule has 5 nitrogen and oxygen atoms in total. The van der Waals surface area contributed by atoms with Crippen LogP contribution in [0.25, 0.3) is 0 Å². The van der Waals surface area contributed by atoms with Gasteiger partial charge < -0.3 is 10.5 Å². The van der Waals surface area contributed by atoms with Crippen molar-refractivity contribution < 1.29 is 13.2 Å². The third kappa shape index (κ3) is 3.97. The zero-order valence-corrected chi connectivity index (χ0v) is 11.5. The molecule has 1 atom stereocenters. The van der Waals surface area contributed by atoms with Crippen LogP contribution in [0.2, 0.25) is 0 Å². The van der Waals surface area contributed by atoms with E-state index >= 15 is 0 Å². The van der Waals surface area contributed by atoms with Gasteiger partial charge in [0.15, 0.2) is 0 Å². The number of nitrogens with one attached hydrogen (secondary N) is 1. The van der Waals surface area contributed by atoms with Crippen molar-refractivity contribution in [2.75, 3.05) is 19.5 Å². The lowest BCUT2D eigenvalue weighted by atomic mass is 10.2. The summed E-state index contributed by atoms with van der Waals surface area (Å²) in [5.41, 5.74) is 5.93. The molecule has 0 aliphatic carbocycles. The van der Waals surface area contributed by atoms with E-state index in [1.165, 1.54) is 6.07 Å². The minimum absolute atomic E-state index is 0.113. The molecule has 0 bridgehead atoms. The average Bonchev–Trinajstić information content (AvgIpc) is 2.29. The van der Waals surface area contributed by atoms with Crippen LogP contribution < -0.4 is 10.5 Å². The Morgan fingerprint density at radius 2 is 2.06 bits per heavy atom. The first-order chi connectivity index (χ1) is 8.51. The molecule has 1 aromatic carbocycles. The van der Waals surface area contributed by atoms with Gasteiger partial charge in [0.25, 0.3) is 0 Å². The van der Waals surface area contributed by atoms with Gasteiger partial charge in [-0.2, -0.15) is 0 Å². The molecule has 1 aromatic rings. The Bertz CT molecular complexity index is 468. The fraction of sp³-hybridized carbons (Fsp3) is 0.500. The van der Waals surface area contributed by atoms with Crippen molar-refractivity contribution in [2.24, 2.45) is 0 Å². The van der Waals surface area contributed by atoms with Gasteiger partial charge in [0.05, 0.1) is 12.3 Å². The summed E-state index contributed by atoms with van der Waals surface area (Å²) < 4.78 is 32.0. The molecule has 0 aliphatic heterocycles. The normalized spacial score (nSPS) is 13.4. The van der Waals surface area contributed by atoms with Gasteiger partial charge in [0.1, 0.15) is 4.90 Å². The van der Waals surface area contributed by atoms with E-state index in [1.807, 2.05) is 6.92 Å². The summed E-state index contributed by atoms with van der Waals surface area (Å²) in [6.07, 6.45) is 1.60. The molecule has 102 valence electrons. The molecule has 0 aliphatic rings. The van der Waals surface area contributed by atoms with Gasteiger partial charge in [-0.05, 0) is 18.6 Å². The van der Waals surface area contributed by atoms with Gasteiger partial charge in [-0.3, -0.25) is 0 Å². The fourth-order valence-electron chi connectivity index (χ4n) is 1.73. The number of hydrogen-bond donors (Lipinski definition) is 2. The van der Waals surface area contributed by atoms with E-state index in [9.17, 15) is 8.42 Å². The van der Waals surface area contributed by atoms with Crippen molar-refractivity contribution >= 4 is 15.7 Å². The van der Waals surface area contributed by atoms with Crippen LogP contribution in [0.1, 0.15) is 19.8 Å². The highest BCUT2D eigenvalue weighted by Crippen LogP contribution is 2.17. The van der Waals surface area contributed by atoms with E-state index in [2.05, 4.69) is 4.72 Å². The second-order valence-corrected chi connectivity index (χ2v) is 5.78. The van der Waals surface area contributed by atoms with E-state index in [0.29, 0.717) is 6.61 Å². The van der Waals surface area contributed by atoms with Gasteiger partial charge in [0, 0.05) is 13.2 Å². The van der Waals surface area contributed by atoms with E-state index in [-0.39, 0.29) is 16.6 Å². The van der Waals surface area contributed by atoms with Crippen LogP contribution in [0.4, 0.5) is 5.69 Å². The number of nitrogen functional groups attached to an aromatic ring is 1. The first kappa shape index (κ1) is 14.9. The summed E-state index contributed by atoms with van der Waals surface area (Å²) >= 11 is 0. The Hall–Kier alpha value is -1.11. The third-order valence-electron chi connectivity index (χ3n) is 2.54. The molecule has 3 N–H and O–H groups in total. The number of para-hydroxylation sites is 1. The van der Waals surface area contributed by atoms with Crippen LogP contribution in [0.15, 0.2) is 29.2 Å². The summed E-state index contributed by atoms with van der Waals surface area (Å²) in [6.45, 7) is 2.34. The second kappa shape index (κ2) is 6.72. The number of sulfonamides is 1. The molecule has 0 radical (unpaired) electrons. The highest BCUT2D eigenvalue weighted by molar-refractivity contribution is 7.89. The van der Waals surface area contributed by atoms with Crippen molar-refractivity contribution in [1.82, 2.24) is 4.72 Å². The highest BCUT2D eigenvalue weighted by Gasteiger charge is 2.21. The van der Waals surface area contributed by atoms with Crippen molar-refractivity contribution in [1.29, 1.82) is 0 Å². The average molecular weight is 272 g/mol. The Morgan fingerprint density at radius 3 is 2.61 bits per heavy atom. The summed E-state index contributed by atoms with van der Waals surface area (Å²) in [5.74, 6) is 0. The Kier molecular flexibility index (Phi) is 5.58. The summed E-state index contributed by atoms with van der Waals surface area (Å²) in [6, 6.07) is 6.18. The monoisotopic (exact) mass is 272 g/mol. The van der Waals surface area contributed by atoms with Crippen LogP contribution in [-0.4, -0.2) is 28.2 Å². The molecular weight excluding hydrogens is 252 g/mol. The van der Waals surface area contributed by atoms with Crippen molar-refractivity contribution in [3.8, 4) is 0 Å². The first-order valence-corrected chi connectivity index (χ1v) is 7.35. The van der Waals surface area contributed by atoms with Gasteiger partial charge in [-0.1, -0.05) is 25.5 Å². The van der Waals surface area contributed by atoms with Crippen molar-refractivity contribution in [3.05, 3.63) is 24.3 Å². The molecule has 0 spiro atoms. The molecule has 0 amide bonds. The molecule has 18 heavy (non-hydrogen) atoms. The van der Waals surface area contributed by atoms with Crippen LogP contribution in [0.5, 0.6) is 0 Å². The lowest BCUT2D eigenvalue weighted by molar-refractivity contribution is 0.171. The maximum atomic E-state index is 12.2. The van der Waals surface area contributed by atoms with Crippen molar-refractivity contribution in [3.63, 3.8) is 0 Å². The van der Waals surface area contributed by atoms with E-state index in [4.69, 9.17) is 10.5 Å². The van der Waals surface area contributed by atoms with Gasteiger partial charge in [-0.15, -0.1) is 0 Å². The maximum Gasteiger partial charge on any atom is 0.242 e. The van der Waals surface area contributed by atoms with Crippen LogP contribution in [0, 0.1) is 0 Å². The van der Waals surface area contributed by atoms with Gasteiger partial charge in [-0.25, -0.2) is 13.1 Å². The number of benzene rings is 1. The van der Waals surface area contributed by atoms with E-state index < -0.39 is 10.0 Å². The Morgan fingerprint density at radius 1 is 1.39 bits per heavy atom. The zero-order chi connectivity index (χ0) is 13.6. The molecule has 0 aromatic heterocycles. The largest absolute Gasteiger partial charge is 0.398 e. The molecule has 0 heterocycles. The molecule has 1 unspecified atom stereocenters. The second-order valence-electron chi connectivity index (χ2n) is 4.10. The lowest BCUT2D eigenvalue weighted by Gasteiger charge is -2.17.